The first kappa shape index (κ1) is 24.6. The molecule has 0 spiro atoms. The molecule has 0 atom stereocenters. The summed E-state index contributed by atoms with van der Waals surface area (Å²) in [6, 6.07) is 0. The molecule has 2 aliphatic rings. The van der Waals surface area contributed by atoms with Crippen molar-refractivity contribution in [3.63, 3.8) is 0 Å². The summed E-state index contributed by atoms with van der Waals surface area (Å²) in [6.07, 6.45) is 15.4. The Hall–Kier alpha value is 0.634. The molecule has 2 rings (SSSR count). The summed E-state index contributed by atoms with van der Waals surface area (Å²) in [5.74, 6) is 0. The molecule has 0 nitrogen and oxygen atoms in total. The Morgan fingerprint density at radius 3 is 1.26 bits per heavy atom. The molecule has 19 heavy (non-hydrogen) atoms. The average molecular weight is 422 g/mol. The van der Waals surface area contributed by atoms with Crippen LogP contribution in [0.15, 0.2) is 34.4 Å². The van der Waals surface area contributed by atoms with Crippen LogP contribution in [0.5, 0.6) is 0 Å². The van der Waals surface area contributed by atoms with Crippen molar-refractivity contribution in [3.05, 3.63) is 46.6 Å². The molecule has 0 N–H and O–H groups in total. The van der Waals surface area contributed by atoms with E-state index < -0.39 is 0 Å². The van der Waals surface area contributed by atoms with E-state index in [9.17, 15) is 0 Å². The second kappa shape index (κ2) is 13.6. The van der Waals surface area contributed by atoms with Crippen LogP contribution in [0.25, 0.3) is 0 Å². The fraction of sp³-hybridized carbons (Fsp3) is 0.500. The Bertz CT molecular complexity index is 327. The van der Waals surface area contributed by atoms with E-state index in [4.69, 9.17) is 0 Å². The summed E-state index contributed by atoms with van der Waals surface area (Å²) in [5.41, 5.74) is 5.66. The van der Waals surface area contributed by atoms with Crippen LogP contribution < -0.4 is 34.0 Å². The topological polar surface area (TPSA) is 0 Å². The molecule has 0 aromatic carbocycles. The maximum atomic E-state index is 3.28. The zero-order valence-electron chi connectivity index (χ0n) is 12.2. The summed E-state index contributed by atoms with van der Waals surface area (Å²) in [5, 5.41) is 0. The van der Waals surface area contributed by atoms with Crippen molar-refractivity contribution >= 4 is 0 Å². The van der Waals surface area contributed by atoms with Gasteiger partial charge in [-0.1, -0.05) is 26.7 Å². The van der Waals surface area contributed by atoms with Crippen LogP contribution in [0, 0.1) is 12.2 Å². The minimum absolute atomic E-state index is 0. The van der Waals surface area contributed by atoms with Crippen LogP contribution in [0.1, 0.15) is 53.4 Å². The summed E-state index contributed by atoms with van der Waals surface area (Å²) >= 11 is 0. The monoisotopic (exact) mass is 420 g/mol. The third-order valence-corrected chi connectivity index (χ3v) is 3.11. The number of rotatable bonds is 2. The molecular weight excluding hydrogens is 400 g/mol. The van der Waals surface area contributed by atoms with Crippen molar-refractivity contribution in [1.82, 2.24) is 0 Å². The van der Waals surface area contributed by atoms with Crippen molar-refractivity contribution in [2.24, 2.45) is 0 Å². The van der Waals surface area contributed by atoms with E-state index in [1.165, 1.54) is 22.3 Å². The van der Waals surface area contributed by atoms with Crippen molar-refractivity contribution in [1.29, 1.82) is 0 Å². The van der Waals surface area contributed by atoms with E-state index in [1.54, 1.807) is 0 Å². The second-order valence-corrected chi connectivity index (χ2v) is 4.20. The quantitative estimate of drug-likeness (QED) is 0.394. The SMILES string of the molecule is CCC1=[C-]CC=C1C.CCC1=[C-]CC=C1C.[Br-].[Br-].[Ti+4]. The Morgan fingerprint density at radius 2 is 1.16 bits per heavy atom. The van der Waals surface area contributed by atoms with Gasteiger partial charge in [0, 0.05) is 0 Å². The van der Waals surface area contributed by atoms with Gasteiger partial charge in [0.2, 0.25) is 0 Å². The minimum Gasteiger partial charge on any atom is -1.00 e. The van der Waals surface area contributed by atoms with Crippen LogP contribution in [-0.2, 0) is 21.7 Å². The van der Waals surface area contributed by atoms with Gasteiger partial charge in [-0.25, -0.2) is 22.3 Å². The molecule has 0 unspecified atom stereocenters. The average Bonchev–Trinajstić information content (AvgIpc) is 2.87. The molecule has 2 aliphatic carbocycles. The first-order valence-electron chi connectivity index (χ1n) is 6.22. The molecular formula is C16H22Br2Ti. The number of hydrogen-bond donors (Lipinski definition) is 0. The molecule has 0 fully saturated rings. The first-order valence-corrected chi connectivity index (χ1v) is 6.22. The van der Waals surface area contributed by atoms with Gasteiger partial charge in [-0.3, -0.25) is 12.2 Å². The van der Waals surface area contributed by atoms with Crippen molar-refractivity contribution in [3.8, 4) is 0 Å². The van der Waals surface area contributed by atoms with Gasteiger partial charge in [0.05, 0.1) is 0 Å². The van der Waals surface area contributed by atoms with E-state index in [1.807, 2.05) is 0 Å². The summed E-state index contributed by atoms with van der Waals surface area (Å²) in [6.45, 7) is 8.65. The zero-order valence-corrected chi connectivity index (χ0v) is 17.0. The van der Waals surface area contributed by atoms with E-state index in [0.29, 0.717) is 0 Å². The Kier molecular flexibility index (Phi) is 17.6. The molecule has 0 aliphatic heterocycles. The zero-order chi connectivity index (χ0) is 12.0. The third kappa shape index (κ3) is 8.50. The van der Waals surface area contributed by atoms with Crippen molar-refractivity contribution in [2.75, 3.05) is 0 Å². The van der Waals surface area contributed by atoms with Gasteiger partial charge >= 0.3 is 21.7 Å². The fourth-order valence-corrected chi connectivity index (χ4v) is 1.99. The Balaban J connectivity index is -0.000000233. The van der Waals surface area contributed by atoms with Crippen molar-refractivity contribution in [2.45, 2.75) is 53.4 Å². The van der Waals surface area contributed by atoms with Gasteiger partial charge in [-0.05, 0) is 0 Å². The molecule has 0 saturated heterocycles. The normalized spacial score (nSPS) is 15.4. The van der Waals surface area contributed by atoms with Crippen LogP contribution in [0.3, 0.4) is 0 Å². The van der Waals surface area contributed by atoms with Gasteiger partial charge in [0.15, 0.2) is 0 Å². The largest absolute Gasteiger partial charge is 4.00 e. The molecule has 0 radical (unpaired) electrons. The smallest absolute Gasteiger partial charge is 1.00 e. The Labute approximate surface area is 154 Å². The predicted molar refractivity (Wildman–Crippen MR) is 70.8 cm³/mol. The molecule has 0 aromatic heterocycles. The van der Waals surface area contributed by atoms with Crippen LogP contribution in [0.2, 0.25) is 0 Å². The summed E-state index contributed by atoms with van der Waals surface area (Å²) in [4.78, 5) is 0. The molecule has 104 valence electrons. The van der Waals surface area contributed by atoms with Gasteiger partial charge in [0.1, 0.15) is 0 Å². The van der Waals surface area contributed by atoms with Gasteiger partial charge in [0.25, 0.3) is 0 Å². The van der Waals surface area contributed by atoms with E-state index >= 15 is 0 Å². The molecule has 0 aromatic rings. The van der Waals surface area contributed by atoms with E-state index in [-0.39, 0.29) is 55.7 Å². The molecule has 0 heterocycles. The molecule has 0 saturated carbocycles. The molecule has 0 bridgehead atoms. The van der Waals surface area contributed by atoms with Crippen molar-refractivity contribution < 1.29 is 55.7 Å². The Morgan fingerprint density at radius 1 is 0.842 bits per heavy atom. The van der Waals surface area contributed by atoms with Crippen LogP contribution in [0.4, 0.5) is 0 Å². The van der Waals surface area contributed by atoms with E-state index in [2.05, 4.69) is 52.0 Å². The van der Waals surface area contributed by atoms with Crippen LogP contribution >= 0.6 is 0 Å². The molecule has 0 amide bonds. The van der Waals surface area contributed by atoms with Gasteiger partial charge in [-0.15, -0.1) is 26.7 Å². The fourth-order valence-electron chi connectivity index (χ4n) is 1.99. The minimum atomic E-state index is 0. The van der Waals surface area contributed by atoms with Gasteiger partial charge in [-0.2, -0.15) is 12.2 Å². The summed E-state index contributed by atoms with van der Waals surface area (Å²) < 4.78 is 0. The number of halogens is 2. The molecule has 3 heteroatoms. The predicted octanol–water partition coefficient (Wildman–Crippen LogP) is -1.04. The third-order valence-electron chi connectivity index (χ3n) is 3.11. The van der Waals surface area contributed by atoms with Gasteiger partial charge < -0.3 is 34.0 Å². The standard InChI is InChI=1S/2C8H11.2BrH.Ti/c2*1-3-8-6-4-5-7(8)2;;;/h2*5H,3-4H2,1-2H3;2*1H;/q2*-1;;;+4/p-2. The number of hydrogen-bond acceptors (Lipinski definition) is 0. The first-order chi connectivity index (χ1) is 7.69. The second-order valence-electron chi connectivity index (χ2n) is 4.20. The van der Waals surface area contributed by atoms with E-state index in [0.717, 1.165) is 25.7 Å². The maximum Gasteiger partial charge on any atom is 4.00 e. The summed E-state index contributed by atoms with van der Waals surface area (Å²) in [7, 11) is 0. The van der Waals surface area contributed by atoms with Crippen LogP contribution in [-0.4, -0.2) is 0 Å². The number of allylic oxidation sites excluding steroid dienone is 8. The maximum absolute atomic E-state index is 3.28.